The molecule has 0 fully saturated rings. The number of allylic oxidation sites excluding steroid dienone is 1. The topological polar surface area (TPSA) is 56.8 Å². The number of para-hydroxylation sites is 1. The minimum atomic E-state index is 0.0919. The molecule has 0 atom stereocenters. The first-order chi connectivity index (χ1) is 7.83. The summed E-state index contributed by atoms with van der Waals surface area (Å²) in [6.07, 6.45) is 3.48. The molecule has 0 radical (unpaired) electrons. The third kappa shape index (κ3) is 1.94. The van der Waals surface area contributed by atoms with E-state index < -0.39 is 0 Å². The zero-order valence-corrected chi connectivity index (χ0v) is 8.47. The van der Waals surface area contributed by atoms with Gasteiger partial charge < -0.3 is 4.74 Å². The van der Waals surface area contributed by atoms with E-state index in [9.17, 15) is 0 Å². The van der Waals surface area contributed by atoms with Crippen LogP contribution in [0.4, 0.5) is 0 Å². The molecule has 0 saturated heterocycles. The molecule has 3 nitrogen and oxygen atoms in total. The molecule has 0 aliphatic carbocycles. The molecule has 0 spiro atoms. The molecule has 1 aliphatic rings. The Balaban J connectivity index is 2.36. The van der Waals surface area contributed by atoms with Crippen molar-refractivity contribution in [3.8, 4) is 17.9 Å². The van der Waals surface area contributed by atoms with Crippen molar-refractivity contribution in [3.63, 3.8) is 0 Å². The van der Waals surface area contributed by atoms with E-state index in [0.717, 1.165) is 16.9 Å². The van der Waals surface area contributed by atoms with Crippen LogP contribution in [0.1, 0.15) is 5.56 Å². The van der Waals surface area contributed by atoms with Gasteiger partial charge in [-0.3, -0.25) is 0 Å². The molecule has 16 heavy (non-hydrogen) atoms. The molecule has 0 saturated carbocycles. The number of benzene rings is 1. The van der Waals surface area contributed by atoms with Gasteiger partial charge in [-0.2, -0.15) is 10.5 Å². The predicted octanol–water partition coefficient (Wildman–Crippen LogP) is 2.44. The van der Waals surface area contributed by atoms with Crippen molar-refractivity contribution in [3.05, 3.63) is 47.1 Å². The van der Waals surface area contributed by atoms with Crippen molar-refractivity contribution in [2.24, 2.45) is 0 Å². The summed E-state index contributed by atoms with van der Waals surface area (Å²) in [6.45, 7) is 0.393. The van der Waals surface area contributed by atoms with E-state index in [-0.39, 0.29) is 5.57 Å². The van der Waals surface area contributed by atoms with Crippen molar-refractivity contribution in [1.82, 2.24) is 0 Å². The average Bonchev–Trinajstić information content (AvgIpc) is 2.35. The number of nitriles is 2. The molecule has 0 N–H and O–H groups in total. The van der Waals surface area contributed by atoms with Crippen LogP contribution in [0, 0.1) is 22.7 Å². The fourth-order valence-corrected chi connectivity index (χ4v) is 1.49. The molecule has 1 aromatic rings. The van der Waals surface area contributed by atoms with E-state index in [1.54, 1.807) is 6.08 Å². The van der Waals surface area contributed by atoms with Crippen molar-refractivity contribution in [2.45, 2.75) is 0 Å². The molecule has 1 aliphatic heterocycles. The van der Waals surface area contributed by atoms with Gasteiger partial charge in [0.25, 0.3) is 0 Å². The van der Waals surface area contributed by atoms with Crippen LogP contribution in [0.15, 0.2) is 41.5 Å². The Morgan fingerprint density at radius 2 is 2.00 bits per heavy atom. The molecule has 1 heterocycles. The number of fused-ring (bicyclic) bond motifs is 1. The molecule has 0 amide bonds. The van der Waals surface area contributed by atoms with Gasteiger partial charge in [-0.25, -0.2) is 0 Å². The van der Waals surface area contributed by atoms with Gasteiger partial charge >= 0.3 is 0 Å². The lowest BCUT2D eigenvalue weighted by molar-refractivity contribution is 0.351. The number of hydrogen-bond acceptors (Lipinski definition) is 3. The minimum absolute atomic E-state index is 0.0919. The van der Waals surface area contributed by atoms with Crippen molar-refractivity contribution in [1.29, 1.82) is 10.5 Å². The summed E-state index contributed by atoms with van der Waals surface area (Å²) < 4.78 is 5.49. The highest BCUT2D eigenvalue weighted by molar-refractivity contribution is 5.65. The number of hydrogen-bond donors (Lipinski definition) is 0. The number of nitrogens with zero attached hydrogens (tertiary/aromatic N) is 2. The Morgan fingerprint density at radius 1 is 1.25 bits per heavy atom. The Labute approximate surface area is 93.5 Å². The quantitative estimate of drug-likeness (QED) is 0.666. The summed E-state index contributed by atoms with van der Waals surface area (Å²) in [5.74, 6) is 0.829. The van der Waals surface area contributed by atoms with Crippen LogP contribution in [-0.4, -0.2) is 6.61 Å². The first kappa shape index (κ1) is 10.0. The Hall–Kier alpha value is -2.52. The van der Waals surface area contributed by atoms with Crippen LogP contribution in [-0.2, 0) is 0 Å². The summed E-state index contributed by atoms with van der Waals surface area (Å²) in [6, 6.07) is 11.3. The standard InChI is InChI=1S/C13H8N2O/c14-7-11(8-15)5-10-6-12-3-1-2-4-13(12)16-9-10/h1-6H,9H2. The fraction of sp³-hybridized carbons (Fsp3) is 0.0769. The predicted molar refractivity (Wildman–Crippen MR) is 59.2 cm³/mol. The fourth-order valence-electron chi connectivity index (χ4n) is 1.49. The molecule has 76 valence electrons. The lowest BCUT2D eigenvalue weighted by atomic mass is 10.1. The van der Waals surface area contributed by atoms with Crippen molar-refractivity contribution < 1.29 is 4.74 Å². The van der Waals surface area contributed by atoms with Gasteiger partial charge in [-0.05, 0) is 23.8 Å². The molecular formula is C13H8N2O. The van der Waals surface area contributed by atoms with Gasteiger partial charge in [0.05, 0.1) is 0 Å². The smallest absolute Gasteiger partial charge is 0.130 e. The SMILES string of the molecule is N#CC(C#N)=CC1=Cc2ccccc2OC1. The molecule has 0 bridgehead atoms. The van der Waals surface area contributed by atoms with E-state index in [2.05, 4.69) is 0 Å². The third-order valence-electron chi connectivity index (χ3n) is 2.22. The van der Waals surface area contributed by atoms with Crippen LogP contribution in [0.25, 0.3) is 6.08 Å². The molecule has 2 rings (SSSR count). The second-order valence-electron chi connectivity index (χ2n) is 3.33. The molecule has 0 unspecified atom stereocenters. The minimum Gasteiger partial charge on any atom is -0.488 e. The highest BCUT2D eigenvalue weighted by atomic mass is 16.5. The normalized spacial score (nSPS) is 12.2. The maximum Gasteiger partial charge on any atom is 0.130 e. The largest absolute Gasteiger partial charge is 0.488 e. The molecular weight excluding hydrogens is 200 g/mol. The van der Waals surface area contributed by atoms with Crippen LogP contribution in [0.3, 0.4) is 0 Å². The van der Waals surface area contributed by atoms with E-state index in [4.69, 9.17) is 15.3 Å². The van der Waals surface area contributed by atoms with Crippen molar-refractivity contribution in [2.75, 3.05) is 6.61 Å². The molecule has 1 aromatic carbocycles. The molecule has 3 heteroatoms. The van der Waals surface area contributed by atoms with E-state index in [0.29, 0.717) is 6.61 Å². The maximum absolute atomic E-state index is 8.64. The van der Waals surface area contributed by atoms with Crippen LogP contribution < -0.4 is 4.74 Å². The Bertz CT molecular complexity index is 540. The second-order valence-corrected chi connectivity index (χ2v) is 3.33. The van der Waals surface area contributed by atoms with Crippen molar-refractivity contribution >= 4 is 6.08 Å². The summed E-state index contributed by atoms with van der Waals surface area (Å²) in [7, 11) is 0. The second kappa shape index (κ2) is 4.33. The first-order valence-corrected chi connectivity index (χ1v) is 4.78. The molecule has 0 aromatic heterocycles. The van der Waals surface area contributed by atoms with Gasteiger partial charge in [0.2, 0.25) is 0 Å². The summed E-state index contributed by atoms with van der Waals surface area (Å²) in [5, 5.41) is 17.3. The summed E-state index contributed by atoms with van der Waals surface area (Å²) >= 11 is 0. The van der Waals surface area contributed by atoms with E-state index >= 15 is 0 Å². The van der Waals surface area contributed by atoms with Gasteiger partial charge in [-0.1, -0.05) is 18.2 Å². The zero-order chi connectivity index (χ0) is 11.4. The van der Waals surface area contributed by atoms with Gasteiger partial charge in [-0.15, -0.1) is 0 Å². The maximum atomic E-state index is 8.64. The van der Waals surface area contributed by atoms with E-state index in [1.807, 2.05) is 42.5 Å². The van der Waals surface area contributed by atoms with Gasteiger partial charge in [0, 0.05) is 5.56 Å². The van der Waals surface area contributed by atoms with E-state index in [1.165, 1.54) is 0 Å². The Morgan fingerprint density at radius 3 is 2.75 bits per heavy atom. The average molecular weight is 208 g/mol. The highest BCUT2D eigenvalue weighted by Gasteiger charge is 2.09. The monoisotopic (exact) mass is 208 g/mol. The van der Waals surface area contributed by atoms with Crippen LogP contribution >= 0.6 is 0 Å². The number of rotatable bonds is 1. The highest BCUT2D eigenvalue weighted by Crippen LogP contribution is 2.26. The summed E-state index contributed by atoms with van der Waals surface area (Å²) in [5.41, 5.74) is 1.89. The number of ether oxygens (including phenoxy) is 1. The van der Waals surface area contributed by atoms with Crippen LogP contribution in [0.2, 0.25) is 0 Å². The first-order valence-electron chi connectivity index (χ1n) is 4.78. The lowest BCUT2D eigenvalue weighted by Gasteiger charge is -2.15. The zero-order valence-electron chi connectivity index (χ0n) is 8.47. The van der Waals surface area contributed by atoms with Gasteiger partial charge in [0.15, 0.2) is 0 Å². The summed E-state index contributed by atoms with van der Waals surface area (Å²) in [4.78, 5) is 0. The van der Waals surface area contributed by atoms with Gasteiger partial charge in [0.1, 0.15) is 30.1 Å². The Kier molecular flexibility index (Phi) is 2.71. The van der Waals surface area contributed by atoms with Crippen LogP contribution in [0.5, 0.6) is 5.75 Å². The lowest BCUT2D eigenvalue weighted by Crippen LogP contribution is -2.05. The third-order valence-corrected chi connectivity index (χ3v) is 2.22.